The predicted molar refractivity (Wildman–Crippen MR) is 293 cm³/mol. The summed E-state index contributed by atoms with van der Waals surface area (Å²) < 4.78 is 16.9. The molecule has 0 rings (SSSR count). The number of esters is 3. The van der Waals surface area contributed by atoms with Gasteiger partial charge in [0, 0.05) is 19.3 Å². The Kier molecular flexibility index (Phi) is 54.3. The quantitative estimate of drug-likeness (QED) is 0.0262. The highest BCUT2D eigenvalue weighted by molar-refractivity contribution is 5.71. The van der Waals surface area contributed by atoms with E-state index in [-0.39, 0.29) is 31.1 Å². The minimum Gasteiger partial charge on any atom is -0.462 e. The summed E-state index contributed by atoms with van der Waals surface area (Å²) in [7, 11) is 0. The summed E-state index contributed by atoms with van der Waals surface area (Å²) >= 11 is 0. The second-order valence-electron chi connectivity index (χ2n) is 19.5. The van der Waals surface area contributed by atoms with Gasteiger partial charge in [0.15, 0.2) is 6.10 Å². The van der Waals surface area contributed by atoms with Gasteiger partial charge in [-0.1, -0.05) is 255 Å². The van der Waals surface area contributed by atoms with Crippen LogP contribution in [0.1, 0.15) is 297 Å². The van der Waals surface area contributed by atoms with Gasteiger partial charge < -0.3 is 14.2 Å². The van der Waals surface area contributed by atoms with Crippen molar-refractivity contribution in [3.63, 3.8) is 0 Å². The largest absolute Gasteiger partial charge is 0.462 e. The summed E-state index contributed by atoms with van der Waals surface area (Å²) in [5.41, 5.74) is 0. The number of unbranched alkanes of at least 4 members (excludes halogenated alkanes) is 32. The van der Waals surface area contributed by atoms with E-state index in [0.29, 0.717) is 19.3 Å². The number of hydrogen-bond acceptors (Lipinski definition) is 6. The van der Waals surface area contributed by atoms with Gasteiger partial charge in [-0.15, -0.1) is 0 Å². The molecule has 0 saturated heterocycles. The lowest BCUT2D eigenvalue weighted by molar-refractivity contribution is -0.167. The molecule has 68 heavy (non-hydrogen) atoms. The van der Waals surface area contributed by atoms with Gasteiger partial charge in [0.25, 0.3) is 0 Å². The third-order valence-electron chi connectivity index (χ3n) is 12.8. The highest BCUT2D eigenvalue weighted by atomic mass is 16.6. The molecule has 6 heteroatoms. The zero-order valence-corrected chi connectivity index (χ0v) is 45.1. The Hall–Kier alpha value is -2.89. The molecule has 0 spiro atoms. The first-order valence-corrected chi connectivity index (χ1v) is 29.3. The van der Waals surface area contributed by atoms with Crippen molar-refractivity contribution in [2.75, 3.05) is 13.2 Å². The minimum absolute atomic E-state index is 0.0798. The van der Waals surface area contributed by atoms with Gasteiger partial charge in [0.1, 0.15) is 13.2 Å². The predicted octanol–water partition coefficient (Wildman–Crippen LogP) is 19.6. The van der Waals surface area contributed by atoms with Crippen LogP contribution >= 0.6 is 0 Å². The van der Waals surface area contributed by atoms with E-state index in [1.165, 1.54) is 161 Å². The third-order valence-corrected chi connectivity index (χ3v) is 12.8. The van der Waals surface area contributed by atoms with Crippen LogP contribution in [0.4, 0.5) is 0 Å². The number of allylic oxidation sites excluding steroid dienone is 10. The van der Waals surface area contributed by atoms with E-state index in [0.717, 1.165) is 96.3 Å². The van der Waals surface area contributed by atoms with Crippen molar-refractivity contribution in [3.8, 4) is 0 Å². The van der Waals surface area contributed by atoms with Gasteiger partial charge in [-0.3, -0.25) is 14.4 Å². The Balaban J connectivity index is 4.32. The van der Waals surface area contributed by atoms with Crippen molar-refractivity contribution in [1.82, 2.24) is 0 Å². The molecule has 0 N–H and O–H groups in total. The van der Waals surface area contributed by atoms with Crippen LogP contribution < -0.4 is 0 Å². The molecule has 394 valence electrons. The fourth-order valence-corrected chi connectivity index (χ4v) is 8.37. The van der Waals surface area contributed by atoms with Crippen molar-refractivity contribution in [3.05, 3.63) is 60.8 Å². The SMILES string of the molecule is CC/C=C\C/C=C\C/C=C\C/C=C\CCCCCCC(=O)OC[C@H](COC(=O)CCCCCCCCCCCCC/C=C\CCCCCCCC)OC(=O)CCCCCCCCCCCCCC. The first-order chi connectivity index (χ1) is 33.5. The highest BCUT2D eigenvalue weighted by Crippen LogP contribution is 2.16. The maximum atomic E-state index is 12.8. The van der Waals surface area contributed by atoms with Gasteiger partial charge in [-0.2, -0.15) is 0 Å². The van der Waals surface area contributed by atoms with E-state index < -0.39 is 6.10 Å². The van der Waals surface area contributed by atoms with Gasteiger partial charge >= 0.3 is 17.9 Å². The Morgan fingerprint density at radius 1 is 0.309 bits per heavy atom. The fraction of sp³-hybridized carbons (Fsp3) is 0.790. The maximum Gasteiger partial charge on any atom is 0.306 e. The molecular formula is C62H110O6. The highest BCUT2D eigenvalue weighted by Gasteiger charge is 2.19. The van der Waals surface area contributed by atoms with E-state index in [1.807, 2.05) is 0 Å². The molecule has 6 nitrogen and oxygen atoms in total. The van der Waals surface area contributed by atoms with E-state index in [2.05, 4.69) is 81.5 Å². The third kappa shape index (κ3) is 54.1. The molecular weight excluding hydrogens is 841 g/mol. The van der Waals surface area contributed by atoms with E-state index >= 15 is 0 Å². The van der Waals surface area contributed by atoms with Crippen LogP contribution in [0.15, 0.2) is 60.8 Å². The molecule has 0 saturated carbocycles. The number of ether oxygens (including phenoxy) is 3. The van der Waals surface area contributed by atoms with Crippen LogP contribution in [-0.4, -0.2) is 37.2 Å². The van der Waals surface area contributed by atoms with Crippen molar-refractivity contribution in [1.29, 1.82) is 0 Å². The Morgan fingerprint density at radius 3 is 0.912 bits per heavy atom. The van der Waals surface area contributed by atoms with Crippen LogP contribution in [0.3, 0.4) is 0 Å². The van der Waals surface area contributed by atoms with Gasteiger partial charge in [-0.25, -0.2) is 0 Å². The molecule has 0 bridgehead atoms. The number of carbonyl (C=O) groups is 3. The lowest BCUT2D eigenvalue weighted by atomic mass is 10.0. The fourth-order valence-electron chi connectivity index (χ4n) is 8.37. The summed E-state index contributed by atoms with van der Waals surface area (Å²) in [5.74, 6) is -0.893. The lowest BCUT2D eigenvalue weighted by Crippen LogP contribution is -2.30. The molecule has 0 aliphatic heterocycles. The average Bonchev–Trinajstić information content (AvgIpc) is 3.34. The molecule has 0 aromatic rings. The first-order valence-electron chi connectivity index (χ1n) is 29.3. The van der Waals surface area contributed by atoms with Crippen molar-refractivity contribution in [2.24, 2.45) is 0 Å². The lowest BCUT2D eigenvalue weighted by Gasteiger charge is -2.18. The molecule has 0 amide bonds. The topological polar surface area (TPSA) is 78.9 Å². The molecule has 0 aliphatic carbocycles. The van der Waals surface area contributed by atoms with Crippen LogP contribution in [0.5, 0.6) is 0 Å². The van der Waals surface area contributed by atoms with E-state index in [1.54, 1.807) is 0 Å². The smallest absolute Gasteiger partial charge is 0.306 e. The van der Waals surface area contributed by atoms with Crippen LogP contribution in [0.25, 0.3) is 0 Å². The second-order valence-corrected chi connectivity index (χ2v) is 19.5. The normalized spacial score (nSPS) is 12.5. The van der Waals surface area contributed by atoms with Gasteiger partial charge in [0.05, 0.1) is 0 Å². The molecule has 0 fully saturated rings. The zero-order chi connectivity index (χ0) is 49.3. The number of hydrogen-bond donors (Lipinski definition) is 0. The number of carbonyl (C=O) groups excluding carboxylic acids is 3. The summed E-state index contributed by atoms with van der Waals surface area (Å²) in [6, 6.07) is 0. The molecule has 0 aromatic heterocycles. The van der Waals surface area contributed by atoms with Crippen LogP contribution in [0, 0.1) is 0 Å². The Morgan fingerprint density at radius 2 is 0.574 bits per heavy atom. The second kappa shape index (κ2) is 56.7. The summed E-state index contributed by atoms with van der Waals surface area (Å²) in [5, 5.41) is 0. The van der Waals surface area contributed by atoms with Crippen molar-refractivity contribution < 1.29 is 28.6 Å². The Bertz CT molecular complexity index is 1230. The molecule has 0 heterocycles. The summed E-state index contributed by atoms with van der Waals surface area (Å²) in [6.07, 6.45) is 70.7. The summed E-state index contributed by atoms with van der Waals surface area (Å²) in [4.78, 5) is 38.1. The summed E-state index contributed by atoms with van der Waals surface area (Å²) in [6.45, 7) is 6.53. The molecule has 1 atom stereocenters. The minimum atomic E-state index is -0.782. The molecule has 0 unspecified atom stereocenters. The molecule has 0 aliphatic rings. The van der Waals surface area contributed by atoms with E-state index in [9.17, 15) is 14.4 Å². The first kappa shape index (κ1) is 65.1. The standard InChI is InChI=1S/C62H110O6/c1-4-7-10-13-16-19-22-25-27-29-30-31-32-34-36-38-41-43-46-49-52-55-61(64)67-58-59(68-62(65)56-53-50-47-44-39-24-21-18-15-12-9-6-3)57-66-60(63)54-51-48-45-42-40-37-35-33-28-26-23-20-17-14-11-8-5-2/h8,11,17,20,25-28,35,37,59H,4-7,9-10,12-16,18-19,21-24,29-34,36,38-58H2,1-3H3/b11-8-,20-17-,27-25-,28-26-,37-35-/t59-/m1/s1. The maximum absolute atomic E-state index is 12.8. The Labute approximate surface area is 421 Å². The monoisotopic (exact) mass is 951 g/mol. The van der Waals surface area contributed by atoms with Crippen LogP contribution in [-0.2, 0) is 28.6 Å². The van der Waals surface area contributed by atoms with Crippen molar-refractivity contribution in [2.45, 2.75) is 303 Å². The van der Waals surface area contributed by atoms with Crippen molar-refractivity contribution >= 4 is 17.9 Å². The van der Waals surface area contributed by atoms with E-state index in [4.69, 9.17) is 14.2 Å². The molecule has 0 aromatic carbocycles. The zero-order valence-electron chi connectivity index (χ0n) is 45.1. The van der Waals surface area contributed by atoms with Crippen LogP contribution in [0.2, 0.25) is 0 Å². The average molecular weight is 952 g/mol. The number of rotatable bonds is 53. The van der Waals surface area contributed by atoms with Gasteiger partial charge in [0.2, 0.25) is 0 Å². The van der Waals surface area contributed by atoms with Gasteiger partial charge in [-0.05, 0) is 83.5 Å². The molecule has 0 radical (unpaired) electrons.